The van der Waals surface area contributed by atoms with E-state index in [0.29, 0.717) is 18.7 Å². The summed E-state index contributed by atoms with van der Waals surface area (Å²) in [6, 6.07) is 6.19. The van der Waals surface area contributed by atoms with E-state index in [2.05, 4.69) is 0 Å². The van der Waals surface area contributed by atoms with E-state index in [-0.39, 0.29) is 36.2 Å². The minimum Gasteiger partial charge on any atom is -0.389 e. The highest BCUT2D eigenvalue weighted by molar-refractivity contribution is 7.90. The molecule has 7 nitrogen and oxygen atoms in total. The number of sulfone groups is 1. The van der Waals surface area contributed by atoms with Crippen molar-refractivity contribution < 1.29 is 23.1 Å². The highest BCUT2D eigenvalue weighted by Crippen LogP contribution is 2.12. The minimum atomic E-state index is -3.26. The summed E-state index contributed by atoms with van der Waals surface area (Å²) in [4.78, 5) is 27.1. The third-order valence-corrected chi connectivity index (χ3v) is 5.14. The van der Waals surface area contributed by atoms with Crippen molar-refractivity contribution in [2.45, 2.75) is 24.3 Å². The molecule has 0 spiro atoms. The van der Waals surface area contributed by atoms with Crippen LogP contribution in [0.5, 0.6) is 0 Å². The first-order valence-corrected chi connectivity index (χ1v) is 9.56. The first kappa shape index (κ1) is 18.4. The van der Waals surface area contributed by atoms with Crippen LogP contribution in [0.3, 0.4) is 0 Å². The summed E-state index contributed by atoms with van der Waals surface area (Å²) in [5, 5.41) is 9.97. The molecule has 0 aliphatic carbocycles. The fourth-order valence-electron chi connectivity index (χ4n) is 2.64. The Hall–Kier alpha value is -1.93. The van der Waals surface area contributed by atoms with Crippen LogP contribution in [0.2, 0.25) is 0 Å². The molecule has 1 fully saturated rings. The van der Waals surface area contributed by atoms with E-state index in [1.165, 1.54) is 28.9 Å². The third kappa shape index (κ3) is 4.78. The quantitative estimate of drug-likeness (QED) is 0.803. The molecule has 1 atom stereocenters. The minimum absolute atomic E-state index is 0.122. The summed E-state index contributed by atoms with van der Waals surface area (Å²) in [7, 11) is -3.26. The predicted octanol–water partition coefficient (Wildman–Crippen LogP) is -0.316. The van der Waals surface area contributed by atoms with Gasteiger partial charge in [0.05, 0.1) is 17.4 Å². The number of aliphatic hydroxyl groups excluding tert-OH is 1. The number of rotatable bonds is 3. The van der Waals surface area contributed by atoms with Gasteiger partial charge in [-0.15, -0.1) is 0 Å². The predicted molar refractivity (Wildman–Crippen MR) is 88.1 cm³/mol. The van der Waals surface area contributed by atoms with Gasteiger partial charge in [-0.25, -0.2) is 8.42 Å². The average molecular weight is 354 g/mol. The molecule has 1 unspecified atom stereocenters. The van der Waals surface area contributed by atoms with E-state index in [4.69, 9.17) is 0 Å². The topological polar surface area (TPSA) is 95.0 Å². The van der Waals surface area contributed by atoms with E-state index >= 15 is 0 Å². The Morgan fingerprint density at radius 1 is 1.12 bits per heavy atom. The van der Waals surface area contributed by atoms with Crippen molar-refractivity contribution in [3.63, 3.8) is 0 Å². The maximum absolute atomic E-state index is 12.4. The fourth-order valence-corrected chi connectivity index (χ4v) is 3.27. The third-order valence-electron chi connectivity index (χ3n) is 4.01. The second-order valence-corrected chi connectivity index (χ2v) is 8.07. The Morgan fingerprint density at radius 3 is 2.21 bits per heavy atom. The molecular weight excluding hydrogens is 332 g/mol. The monoisotopic (exact) mass is 354 g/mol. The Labute approximate surface area is 141 Å². The van der Waals surface area contributed by atoms with E-state index in [1.807, 2.05) is 0 Å². The van der Waals surface area contributed by atoms with Crippen LogP contribution in [0.4, 0.5) is 0 Å². The molecule has 0 radical (unpaired) electrons. The molecule has 1 saturated heterocycles. The van der Waals surface area contributed by atoms with E-state index < -0.39 is 15.9 Å². The first-order valence-electron chi connectivity index (χ1n) is 7.67. The number of aliphatic hydroxyl groups is 1. The summed E-state index contributed by atoms with van der Waals surface area (Å²) in [5.41, 5.74) is 0.703. The van der Waals surface area contributed by atoms with Gasteiger partial charge < -0.3 is 14.9 Å². The smallest absolute Gasteiger partial charge is 0.227 e. The highest BCUT2D eigenvalue weighted by Gasteiger charge is 2.25. The summed E-state index contributed by atoms with van der Waals surface area (Å²) < 4.78 is 22.9. The fraction of sp³-hybridized carbons (Fsp3) is 0.500. The number of carbonyl (C=O) groups excluding carboxylic acids is 2. The van der Waals surface area contributed by atoms with Crippen molar-refractivity contribution in [1.29, 1.82) is 0 Å². The van der Waals surface area contributed by atoms with Crippen molar-refractivity contribution in [3.05, 3.63) is 29.8 Å². The lowest BCUT2D eigenvalue weighted by Gasteiger charge is -2.21. The van der Waals surface area contributed by atoms with Crippen molar-refractivity contribution >= 4 is 21.7 Å². The zero-order valence-electron chi connectivity index (χ0n) is 13.8. The molecule has 132 valence electrons. The summed E-state index contributed by atoms with van der Waals surface area (Å²) in [5.74, 6) is -0.286. The van der Waals surface area contributed by atoms with Crippen LogP contribution in [0.25, 0.3) is 0 Å². The molecule has 2 amide bonds. The second-order valence-electron chi connectivity index (χ2n) is 6.05. The van der Waals surface area contributed by atoms with Crippen molar-refractivity contribution in [2.75, 3.05) is 32.4 Å². The lowest BCUT2D eigenvalue weighted by atomic mass is 10.1. The molecule has 1 aliphatic heterocycles. The highest BCUT2D eigenvalue weighted by atomic mass is 32.2. The van der Waals surface area contributed by atoms with Gasteiger partial charge in [0.1, 0.15) is 0 Å². The maximum atomic E-state index is 12.4. The van der Waals surface area contributed by atoms with E-state index in [9.17, 15) is 23.1 Å². The van der Waals surface area contributed by atoms with Gasteiger partial charge in [0, 0.05) is 39.4 Å². The number of benzene rings is 1. The molecule has 8 heteroatoms. The zero-order valence-corrected chi connectivity index (χ0v) is 14.6. The van der Waals surface area contributed by atoms with Crippen molar-refractivity contribution in [2.24, 2.45) is 0 Å². The maximum Gasteiger partial charge on any atom is 0.227 e. The van der Waals surface area contributed by atoms with Gasteiger partial charge in [-0.05, 0) is 17.7 Å². The molecule has 2 rings (SSSR count). The van der Waals surface area contributed by atoms with Crippen molar-refractivity contribution in [1.82, 2.24) is 9.80 Å². The number of carbonyl (C=O) groups is 2. The van der Waals surface area contributed by atoms with Gasteiger partial charge in [0.15, 0.2) is 9.84 Å². The molecule has 1 N–H and O–H groups in total. The molecule has 1 aromatic carbocycles. The number of hydrogen-bond donors (Lipinski definition) is 1. The standard InChI is InChI=1S/C16H22N2O5S/c1-12(19)17-7-8-18(11-14(20)10-17)16(21)9-13-3-5-15(6-4-13)24(2,22)23/h3-6,14,20H,7-11H2,1-2H3. The van der Waals surface area contributed by atoms with Gasteiger partial charge >= 0.3 is 0 Å². The molecule has 1 aromatic rings. The van der Waals surface area contributed by atoms with E-state index in [1.54, 1.807) is 12.1 Å². The van der Waals surface area contributed by atoms with Crippen LogP contribution in [-0.2, 0) is 25.8 Å². The Bertz CT molecular complexity index is 714. The Balaban J connectivity index is 2.02. The van der Waals surface area contributed by atoms with Crippen LogP contribution in [-0.4, -0.2) is 73.7 Å². The molecule has 24 heavy (non-hydrogen) atoms. The zero-order chi connectivity index (χ0) is 17.9. The van der Waals surface area contributed by atoms with Gasteiger partial charge in [0.2, 0.25) is 11.8 Å². The molecule has 0 saturated carbocycles. The molecular formula is C16H22N2O5S. The van der Waals surface area contributed by atoms with Crippen LogP contribution in [0.15, 0.2) is 29.2 Å². The van der Waals surface area contributed by atoms with Crippen LogP contribution in [0.1, 0.15) is 12.5 Å². The van der Waals surface area contributed by atoms with Gasteiger partial charge in [0.25, 0.3) is 0 Å². The van der Waals surface area contributed by atoms with Crippen LogP contribution in [0, 0.1) is 0 Å². The van der Waals surface area contributed by atoms with Crippen molar-refractivity contribution in [3.8, 4) is 0 Å². The lowest BCUT2D eigenvalue weighted by molar-refractivity contribution is -0.132. The van der Waals surface area contributed by atoms with Gasteiger partial charge in [-0.3, -0.25) is 9.59 Å². The Kier molecular flexibility index (Phi) is 5.61. The Morgan fingerprint density at radius 2 is 1.67 bits per heavy atom. The van der Waals surface area contributed by atoms with Crippen LogP contribution >= 0.6 is 0 Å². The normalized spacial score (nSPS) is 19.0. The van der Waals surface area contributed by atoms with Crippen LogP contribution < -0.4 is 0 Å². The number of β-amino-alcohol motifs (C(OH)–C–C–N with tert-alkyl or cyclic N) is 1. The first-order chi connectivity index (χ1) is 11.2. The largest absolute Gasteiger partial charge is 0.389 e. The number of hydrogen-bond acceptors (Lipinski definition) is 5. The molecule has 1 aliphatic rings. The molecule has 0 aromatic heterocycles. The van der Waals surface area contributed by atoms with Gasteiger partial charge in [-0.2, -0.15) is 0 Å². The van der Waals surface area contributed by atoms with Gasteiger partial charge in [-0.1, -0.05) is 12.1 Å². The molecule has 1 heterocycles. The van der Waals surface area contributed by atoms with E-state index in [0.717, 1.165) is 6.26 Å². The SMILES string of the molecule is CC(=O)N1CCN(C(=O)Cc2ccc(S(C)(=O)=O)cc2)CC(O)C1. The summed E-state index contributed by atoms with van der Waals surface area (Å²) in [6.07, 6.45) is 0.483. The average Bonchev–Trinajstić information content (AvgIpc) is 2.69. The molecule has 0 bridgehead atoms. The number of nitrogens with zero attached hydrogens (tertiary/aromatic N) is 2. The second kappa shape index (κ2) is 7.31. The summed E-state index contributed by atoms with van der Waals surface area (Å²) in [6.45, 7) is 2.61. The lowest BCUT2D eigenvalue weighted by Crippen LogP contribution is -2.38. The summed E-state index contributed by atoms with van der Waals surface area (Å²) >= 11 is 0. The number of amides is 2.